The number of rotatable bonds is 3. The molecule has 0 radical (unpaired) electrons. The second-order valence-corrected chi connectivity index (χ2v) is 7.29. The Balaban J connectivity index is 1.93. The topological polar surface area (TPSA) is 42.2 Å². The minimum atomic E-state index is -0.858. The van der Waals surface area contributed by atoms with Crippen molar-refractivity contribution in [2.45, 2.75) is 26.3 Å². The molecule has 0 aliphatic carbocycles. The first-order valence-corrected chi connectivity index (χ1v) is 9.75. The highest BCUT2D eigenvalue weighted by Gasteiger charge is 2.31. The normalized spacial score (nSPS) is 12.6. The highest BCUT2D eigenvalue weighted by molar-refractivity contribution is 6.09. The van der Waals surface area contributed by atoms with Crippen molar-refractivity contribution in [3.63, 3.8) is 0 Å². The quantitative estimate of drug-likeness (QED) is 0.498. The second-order valence-electron chi connectivity index (χ2n) is 7.29. The van der Waals surface area contributed by atoms with E-state index in [0.717, 1.165) is 58.2 Å². The summed E-state index contributed by atoms with van der Waals surface area (Å²) in [6.07, 6.45) is 1.72. The van der Waals surface area contributed by atoms with E-state index in [1.165, 1.54) is 5.56 Å². The predicted molar refractivity (Wildman–Crippen MR) is 113 cm³/mol. The molecular formula is C25H21NO2. The molecule has 5 rings (SSSR count). The Kier molecular flexibility index (Phi) is 3.83. The number of aromatic nitrogens is 1. The van der Waals surface area contributed by atoms with Gasteiger partial charge in [-0.05, 0) is 34.7 Å². The van der Waals surface area contributed by atoms with Gasteiger partial charge in [-0.25, -0.2) is 4.79 Å². The summed E-state index contributed by atoms with van der Waals surface area (Å²) in [7, 11) is 0. The molecule has 1 aromatic heterocycles. The van der Waals surface area contributed by atoms with Crippen LogP contribution in [-0.4, -0.2) is 15.6 Å². The summed E-state index contributed by atoms with van der Waals surface area (Å²) in [5.41, 5.74) is 6.55. The average molecular weight is 367 g/mol. The monoisotopic (exact) mass is 367 g/mol. The number of aromatic carboxylic acids is 1. The summed E-state index contributed by atoms with van der Waals surface area (Å²) < 4.78 is 2.24. The number of hydrogen-bond acceptors (Lipinski definition) is 1. The van der Waals surface area contributed by atoms with E-state index in [1.54, 1.807) is 0 Å². The van der Waals surface area contributed by atoms with Gasteiger partial charge in [0.2, 0.25) is 0 Å². The van der Waals surface area contributed by atoms with Crippen molar-refractivity contribution in [1.82, 2.24) is 4.57 Å². The van der Waals surface area contributed by atoms with Gasteiger partial charge >= 0.3 is 5.97 Å². The Morgan fingerprint density at radius 2 is 1.68 bits per heavy atom. The Morgan fingerprint density at radius 1 is 0.964 bits per heavy atom. The molecule has 0 fully saturated rings. The van der Waals surface area contributed by atoms with E-state index in [9.17, 15) is 9.90 Å². The average Bonchev–Trinajstić information content (AvgIpc) is 3.08. The molecule has 4 aromatic rings. The third-order valence-corrected chi connectivity index (χ3v) is 5.86. The summed E-state index contributed by atoms with van der Waals surface area (Å²) >= 11 is 0. The van der Waals surface area contributed by atoms with Crippen molar-refractivity contribution in [3.8, 4) is 22.4 Å². The summed E-state index contributed by atoms with van der Waals surface area (Å²) in [6.45, 7) is 2.93. The number of nitrogens with zero attached hydrogens (tertiary/aromatic N) is 1. The van der Waals surface area contributed by atoms with E-state index in [2.05, 4.69) is 47.9 Å². The molecule has 0 atom stereocenters. The van der Waals surface area contributed by atoms with Crippen LogP contribution in [0.2, 0.25) is 0 Å². The van der Waals surface area contributed by atoms with E-state index in [4.69, 9.17) is 0 Å². The van der Waals surface area contributed by atoms with Crippen molar-refractivity contribution in [2.75, 3.05) is 0 Å². The number of carboxylic acids is 1. The maximum absolute atomic E-state index is 12.5. The van der Waals surface area contributed by atoms with Crippen molar-refractivity contribution in [1.29, 1.82) is 0 Å². The first-order valence-electron chi connectivity index (χ1n) is 9.75. The summed E-state index contributed by atoms with van der Waals surface area (Å²) in [6, 6.07) is 22.6. The molecule has 1 N–H and O–H groups in total. The van der Waals surface area contributed by atoms with Crippen LogP contribution in [0.3, 0.4) is 0 Å². The van der Waals surface area contributed by atoms with Gasteiger partial charge in [-0.2, -0.15) is 0 Å². The minimum absolute atomic E-state index is 0.431. The Labute approximate surface area is 163 Å². The van der Waals surface area contributed by atoms with Crippen LogP contribution in [0.25, 0.3) is 33.2 Å². The molecule has 1 aliphatic heterocycles. The zero-order chi connectivity index (χ0) is 19.3. The van der Waals surface area contributed by atoms with Gasteiger partial charge < -0.3 is 9.67 Å². The number of carboxylic acid groups (broad SMARTS) is 1. The largest absolute Gasteiger partial charge is 0.478 e. The molecule has 0 bridgehead atoms. The lowest BCUT2D eigenvalue weighted by Gasteiger charge is -2.21. The Bertz CT molecular complexity index is 1230. The van der Waals surface area contributed by atoms with Crippen molar-refractivity contribution in [2.24, 2.45) is 0 Å². The molecule has 3 nitrogen and oxygen atoms in total. The lowest BCUT2D eigenvalue weighted by Crippen LogP contribution is -2.14. The molecule has 3 aromatic carbocycles. The molecule has 2 heterocycles. The van der Waals surface area contributed by atoms with Gasteiger partial charge in [-0.3, -0.25) is 0 Å². The maximum atomic E-state index is 12.5. The van der Waals surface area contributed by atoms with Crippen LogP contribution in [-0.2, 0) is 19.4 Å². The Hall–Kier alpha value is -3.33. The van der Waals surface area contributed by atoms with E-state index in [0.29, 0.717) is 5.56 Å². The van der Waals surface area contributed by atoms with Crippen molar-refractivity contribution in [3.05, 3.63) is 83.6 Å². The molecule has 138 valence electrons. The molecule has 28 heavy (non-hydrogen) atoms. The maximum Gasteiger partial charge on any atom is 0.338 e. The zero-order valence-electron chi connectivity index (χ0n) is 15.8. The summed E-state index contributed by atoms with van der Waals surface area (Å²) in [4.78, 5) is 12.5. The number of carbonyl (C=O) groups is 1. The smallest absolute Gasteiger partial charge is 0.338 e. The summed E-state index contributed by atoms with van der Waals surface area (Å²) in [5, 5.41) is 12.5. The molecule has 3 heteroatoms. The molecule has 0 spiro atoms. The minimum Gasteiger partial charge on any atom is -0.478 e. The van der Waals surface area contributed by atoms with Crippen LogP contribution >= 0.6 is 0 Å². The van der Waals surface area contributed by atoms with E-state index < -0.39 is 5.97 Å². The van der Waals surface area contributed by atoms with Gasteiger partial charge in [0.15, 0.2) is 0 Å². The van der Waals surface area contributed by atoms with E-state index in [1.807, 2.05) is 30.3 Å². The van der Waals surface area contributed by atoms with Crippen LogP contribution < -0.4 is 0 Å². The lowest BCUT2D eigenvalue weighted by molar-refractivity contribution is 0.0698. The van der Waals surface area contributed by atoms with E-state index >= 15 is 0 Å². The van der Waals surface area contributed by atoms with Crippen molar-refractivity contribution < 1.29 is 9.90 Å². The fraction of sp³-hybridized carbons (Fsp3) is 0.160. The molecule has 0 saturated heterocycles. The number of aryl methyl sites for hydroxylation is 1. The van der Waals surface area contributed by atoms with Crippen molar-refractivity contribution >= 4 is 16.7 Å². The molecule has 0 unspecified atom stereocenters. The van der Waals surface area contributed by atoms with Gasteiger partial charge in [-0.15, -0.1) is 0 Å². The molecular weight excluding hydrogens is 346 g/mol. The van der Waals surface area contributed by atoms with Gasteiger partial charge in [-0.1, -0.05) is 73.7 Å². The third kappa shape index (κ3) is 2.32. The summed E-state index contributed by atoms with van der Waals surface area (Å²) in [5.74, 6) is -0.858. The zero-order valence-corrected chi connectivity index (χ0v) is 15.8. The number of fused-ring (bicyclic) bond motifs is 4. The van der Waals surface area contributed by atoms with Crippen LogP contribution in [0.5, 0.6) is 0 Å². The fourth-order valence-corrected chi connectivity index (χ4v) is 4.71. The highest BCUT2D eigenvalue weighted by Crippen LogP contribution is 2.43. The highest BCUT2D eigenvalue weighted by atomic mass is 16.4. The second kappa shape index (κ2) is 6.38. The third-order valence-electron chi connectivity index (χ3n) is 5.86. The van der Waals surface area contributed by atoms with Gasteiger partial charge in [0, 0.05) is 23.4 Å². The predicted octanol–water partition coefficient (Wildman–Crippen LogP) is 5.79. The standard InChI is InChI=1S/C25H21NO2/c1-2-21-22(20-13-7-10-16-8-3-5-11-18(16)20)23(25(27)28)24-19-12-6-4-9-17(19)14-15-26(21)24/h3-13H,2,14-15H2,1H3,(H,27,28). The van der Waals surface area contributed by atoms with Crippen LogP contribution in [0.1, 0.15) is 28.5 Å². The van der Waals surface area contributed by atoms with Crippen LogP contribution in [0.15, 0.2) is 66.7 Å². The first kappa shape index (κ1) is 16.8. The SMILES string of the molecule is CCc1c(-c2cccc3ccccc23)c(C(=O)O)c2n1CCc1ccccc1-2. The molecule has 0 saturated carbocycles. The molecule has 1 aliphatic rings. The number of hydrogen-bond donors (Lipinski definition) is 1. The first-order chi connectivity index (χ1) is 13.7. The van der Waals surface area contributed by atoms with Crippen LogP contribution in [0, 0.1) is 0 Å². The fourth-order valence-electron chi connectivity index (χ4n) is 4.71. The van der Waals surface area contributed by atoms with E-state index in [-0.39, 0.29) is 0 Å². The molecule has 0 amide bonds. The lowest BCUT2D eigenvalue weighted by atomic mass is 9.92. The Morgan fingerprint density at radius 3 is 2.50 bits per heavy atom. The number of benzene rings is 3. The van der Waals surface area contributed by atoms with Gasteiger partial charge in [0.25, 0.3) is 0 Å². The van der Waals surface area contributed by atoms with Crippen LogP contribution in [0.4, 0.5) is 0 Å². The van der Waals surface area contributed by atoms with Gasteiger partial charge in [0.05, 0.1) is 11.3 Å². The van der Waals surface area contributed by atoms with Gasteiger partial charge in [0.1, 0.15) is 0 Å².